The van der Waals surface area contributed by atoms with Gasteiger partial charge < -0.3 is 15.7 Å². The Bertz CT molecular complexity index is 1440. The van der Waals surface area contributed by atoms with Crippen molar-refractivity contribution >= 4 is 38.6 Å². The van der Waals surface area contributed by atoms with Crippen LogP contribution in [0.4, 0.5) is 10.2 Å². The largest absolute Gasteiger partial charge is 0.504 e. The van der Waals surface area contributed by atoms with Crippen LogP contribution in [0.25, 0.3) is 10.9 Å². The van der Waals surface area contributed by atoms with E-state index in [-0.39, 0.29) is 41.8 Å². The van der Waals surface area contributed by atoms with Gasteiger partial charge in [-0.15, -0.1) is 0 Å². The Morgan fingerprint density at radius 1 is 1.19 bits per heavy atom. The third kappa shape index (κ3) is 5.08. The van der Waals surface area contributed by atoms with Gasteiger partial charge in [0.1, 0.15) is 11.3 Å². The molecule has 3 N–H and O–H groups in total. The first-order valence-electron chi connectivity index (χ1n) is 11.4. The van der Waals surface area contributed by atoms with E-state index in [4.69, 9.17) is 0 Å². The normalized spacial score (nSPS) is 15.2. The van der Waals surface area contributed by atoms with E-state index in [1.807, 2.05) is 0 Å². The summed E-state index contributed by atoms with van der Waals surface area (Å²) in [4.78, 5) is 34.0. The number of fused-ring (bicyclic) bond motifs is 1. The molecule has 12 heteroatoms. The Balaban J connectivity index is 1.69. The number of carbonyl (C=O) groups is 2. The molecule has 0 unspecified atom stereocenters. The Labute approximate surface area is 207 Å². The monoisotopic (exact) mass is 515 g/mol. The lowest BCUT2D eigenvalue weighted by Gasteiger charge is -2.28. The second kappa shape index (κ2) is 10.1. The molecule has 4 rings (SSSR count). The molecule has 1 aliphatic rings. The number of rotatable bonds is 6. The van der Waals surface area contributed by atoms with Crippen molar-refractivity contribution in [3.63, 3.8) is 0 Å². The van der Waals surface area contributed by atoms with Gasteiger partial charge in [-0.25, -0.2) is 17.8 Å². The van der Waals surface area contributed by atoms with Crippen LogP contribution in [0.1, 0.15) is 53.1 Å². The number of amides is 2. The van der Waals surface area contributed by atoms with Gasteiger partial charge in [-0.3, -0.25) is 18.9 Å². The summed E-state index contributed by atoms with van der Waals surface area (Å²) in [5.41, 5.74) is 0.0288. The minimum atomic E-state index is -3.66. The topological polar surface area (TPSA) is 142 Å². The van der Waals surface area contributed by atoms with E-state index < -0.39 is 39.1 Å². The lowest BCUT2D eigenvalue weighted by Crippen LogP contribution is -2.39. The zero-order chi connectivity index (χ0) is 26.0. The number of sulfonamides is 1. The van der Waals surface area contributed by atoms with Crippen LogP contribution in [0, 0.1) is 5.82 Å². The molecule has 1 saturated heterocycles. The fourth-order valence-corrected chi connectivity index (χ4v) is 5.59. The van der Waals surface area contributed by atoms with Gasteiger partial charge >= 0.3 is 0 Å². The number of halogens is 1. The third-order valence-corrected chi connectivity index (χ3v) is 7.52. The smallest absolute Gasteiger partial charge is 0.274 e. The summed E-state index contributed by atoms with van der Waals surface area (Å²) in [6, 6.07) is 6.61. The van der Waals surface area contributed by atoms with Gasteiger partial charge in [0.2, 0.25) is 10.0 Å². The van der Waals surface area contributed by atoms with Crippen LogP contribution in [0.5, 0.6) is 5.75 Å². The fourth-order valence-electron chi connectivity index (χ4n) is 3.99. The first-order valence-corrected chi connectivity index (χ1v) is 13.0. The lowest BCUT2D eigenvalue weighted by molar-refractivity contribution is 0.0926. The summed E-state index contributed by atoms with van der Waals surface area (Å²) in [6.07, 6.45) is 2.55. The van der Waals surface area contributed by atoms with Crippen molar-refractivity contribution < 1.29 is 27.5 Å². The minimum Gasteiger partial charge on any atom is -0.504 e. The molecule has 3 aromatic rings. The molecule has 1 fully saturated rings. The van der Waals surface area contributed by atoms with Crippen LogP contribution < -0.4 is 14.9 Å². The molecular formula is C24H26FN5O5S. The fraction of sp³-hybridized carbons (Fsp3) is 0.333. The summed E-state index contributed by atoms with van der Waals surface area (Å²) in [5.74, 6) is -2.45. The third-order valence-electron chi connectivity index (χ3n) is 5.69. The molecule has 0 spiro atoms. The standard InChI is InChI=1S/C24H26FN5O5S/c1-14(2)28-23(32)18-12-16(25)8-7-15(18)13-27-24(33)20-21(31)19-17(6-5-9-26-19)22(29-20)30-10-3-4-11-36(30,34)35/h5-9,12,14,31H,3-4,10-11,13H2,1-2H3,(H,27,33)(H,28,32). The number of carbonyl (C=O) groups excluding carboxylic acids is 2. The highest BCUT2D eigenvalue weighted by Gasteiger charge is 2.31. The van der Waals surface area contributed by atoms with Crippen LogP contribution in [-0.4, -0.2) is 53.6 Å². The number of hydrogen-bond donors (Lipinski definition) is 3. The molecule has 0 atom stereocenters. The van der Waals surface area contributed by atoms with E-state index in [9.17, 15) is 27.5 Å². The van der Waals surface area contributed by atoms with E-state index in [0.717, 1.165) is 10.4 Å². The van der Waals surface area contributed by atoms with Crippen LogP contribution in [0.15, 0.2) is 36.5 Å². The maximum Gasteiger partial charge on any atom is 0.274 e. The predicted octanol–water partition coefficient (Wildman–Crippen LogP) is 2.47. The van der Waals surface area contributed by atoms with Crippen LogP contribution >= 0.6 is 0 Å². The number of nitrogens with one attached hydrogen (secondary N) is 2. The molecule has 0 saturated carbocycles. The minimum absolute atomic E-state index is 0.0135. The highest BCUT2D eigenvalue weighted by Crippen LogP contribution is 2.35. The molecule has 0 radical (unpaired) electrons. The highest BCUT2D eigenvalue weighted by atomic mass is 32.2. The van der Waals surface area contributed by atoms with E-state index in [2.05, 4.69) is 20.6 Å². The maximum atomic E-state index is 13.8. The lowest BCUT2D eigenvalue weighted by atomic mass is 10.1. The molecule has 0 bridgehead atoms. The Kier molecular flexibility index (Phi) is 7.07. The van der Waals surface area contributed by atoms with Crippen molar-refractivity contribution in [3.05, 3.63) is 59.2 Å². The zero-order valence-corrected chi connectivity index (χ0v) is 20.6. The summed E-state index contributed by atoms with van der Waals surface area (Å²) in [5, 5.41) is 16.3. The summed E-state index contributed by atoms with van der Waals surface area (Å²) < 4.78 is 40.5. The van der Waals surface area contributed by atoms with Gasteiger partial charge in [-0.05, 0) is 56.5 Å². The molecule has 2 amide bonds. The Morgan fingerprint density at radius 2 is 1.97 bits per heavy atom. The van der Waals surface area contributed by atoms with E-state index >= 15 is 0 Å². The number of hydrogen-bond acceptors (Lipinski definition) is 7. The molecule has 10 nitrogen and oxygen atoms in total. The van der Waals surface area contributed by atoms with Crippen LogP contribution in [0.3, 0.4) is 0 Å². The molecule has 1 aliphatic heterocycles. The molecule has 190 valence electrons. The Morgan fingerprint density at radius 3 is 2.69 bits per heavy atom. The van der Waals surface area contributed by atoms with Gasteiger partial charge in [0.25, 0.3) is 11.8 Å². The van der Waals surface area contributed by atoms with E-state index in [0.29, 0.717) is 23.8 Å². The summed E-state index contributed by atoms with van der Waals surface area (Å²) in [6.45, 7) is 3.55. The highest BCUT2D eigenvalue weighted by molar-refractivity contribution is 7.92. The summed E-state index contributed by atoms with van der Waals surface area (Å²) >= 11 is 0. The second-order valence-electron chi connectivity index (χ2n) is 8.74. The van der Waals surface area contributed by atoms with E-state index in [1.54, 1.807) is 26.0 Å². The number of aromatic hydroxyl groups is 1. The number of anilines is 1. The zero-order valence-electron chi connectivity index (χ0n) is 19.8. The van der Waals surface area contributed by atoms with Gasteiger partial charge in [0, 0.05) is 36.3 Å². The average Bonchev–Trinajstić information content (AvgIpc) is 2.83. The van der Waals surface area contributed by atoms with Crippen molar-refractivity contribution in [2.45, 2.75) is 39.3 Å². The number of pyridine rings is 2. The maximum absolute atomic E-state index is 13.8. The molecule has 36 heavy (non-hydrogen) atoms. The van der Waals surface area contributed by atoms with Crippen LogP contribution in [-0.2, 0) is 16.6 Å². The van der Waals surface area contributed by atoms with Crippen molar-refractivity contribution in [2.24, 2.45) is 0 Å². The second-order valence-corrected chi connectivity index (χ2v) is 10.8. The molecule has 1 aromatic carbocycles. The molecule has 2 aromatic heterocycles. The van der Waals surface area contributed by atoms with Gasteiger partial charge in [0.15, 0.2) is 17.3 Å². The first-order chi connectivity index (χ1) is 17.1. The SMILES string of the molecule is CC(C)NC(=O)c1cc(F)ccc1CNC(=O)c1nc(N2CCCCS2(=O)=O)c2cccnc2c1O. The van der Waals surface area contributed by atoms with Gasteiger partial charge in [0.05, 0.1) is 5.75 Å². The number of aromatic nitrogens is 2. The molecular weight excluding hydrogens is 489 g/mol. The van der Waals surface area contributed by atoms with Crippen LogP contribution in [0.2, 0.25) is 0 Å². The predicted molar refractivity (Wildman–Crippen MR) is 132 cm³/mol. The number of benzene rings is 1. The molecule has 3 heterocycles. The summed E-state index contributed by atoms with van der Waals surface area (Å²) in [7, 11) is -3.66. The Hall–Kier alpha value is -3.80. The average molecular weight is 516 g/mol. The van der Waals surface area contributed by atoms with Gasteiger partial charge in [-0.1, -0.05) is 6.07 Å². The van der Waals surface area contributed by atoms with Gasteiger partial charge in [-0.2, -0.15) is 0 Å². The van der Waals surface area contributed by atoms with E-state index in [1.165, 1.54) is 18.3 Å². The van der Waals surface area contributed by atoms with Crippen molar-refractivity contribution in [1.29, 1.82) is 0 Å². The molecule has 0 aliphatic carbocycles. The van der Waals surface area contributed by atoms with Crippen molar-refractivity contribution in [1.82, 2.24) is 20.6 Å². The first kappa shape index (κ1) is 25.3. The number of nitrogens with zero attached hydrogens (tertiary/aromatic N) is 3. The van der Waals surface area contributed by atoms with Crippen molar-refractivity contribution in [2.75, 3.05) is 16.6 Å². The quantitative estimate of drug-likeness (QED) is 0.458. The van der Waals surface area contributed by atoms with Crippen molar-refractivity contribution in [3.8, 4) is 5.75 Å².